The molecule has 0 aromatic carbocycles. The molecule has 2 heterocycles. The zero-order valence-electron chi connectivity index (χ0n) is 15.0. The van der Waals surface area contributed by atoms with Crippen LogP contribution in [0.1, 0.15) is 53.4 Å². The highest BCUT2D eigenvalue weighted by Gasteiger charge is 2.38. The largest absolute Gasteiger partial charge is 0.444 e. The van der Waals surface area contributed by atoms with E-state index in [4.69, 9.17) is 4.74 Å². The Hall–Kier alpha value is -0.850. The molecule has 2 N–H and O–H groups in total. The monoisotopic (exact) mass is 328 g/mol. The highest BCUT2D eigenvalue weighted by Crippen LogP contribution is 2.28. The third kappa shape index (κ3) is 5.62. The predicted octanol–water partition coefficient (Wildman–Crippen LogP) is 1.60. The Bertz CT molecular complexity index is 413. The summed E-state index contributed by atoms with van der Waals surface area (Å²) in [6.45, 7) is 10.7. The van der Waals surface area contributed by atoms with Crippen LogP contribution in [0.4, 0.5) is 4.79 Å². The van der Waals surface area contributed by atoms with Crippen LogP contribution in [0, 0.1) is 0 Å². The van der Waals surface area contributed by atoms with Gasteiger partial charge >= 0.3 is 6.09 Å². The van der Waals surface area contributed by atoms with Crippen molar-refractivity contribution in [3.63, 3.8) is 0 Å². The van der Waals surface area contributed by atoms with E-state index in [-0.39, 0.29) is 6.09 Å². The Morgan fingerprint density at radius 1 is 1.04 bits per heavy atom. The molecule has 0 bridgehead atoms. The van der Waals surface area contributed by atoms with Gasteiger partial charge in [-0.15, -0.1) is 0 Å². The molecule has 0 atom stereocenters. The standard InChI is InChI=1S/C17H32N2O4/c1-15(2,3)23-14(20)19-11-7-17(22,8-12-19)13-18-9-5-16(4,21)6-10-18/h21-22H,5-13H2,1-4H3. The second-order valence-electron chi connectivity index (χ2n) is 8.46. The van der Waals surface area contributed by atoms with E-state index in [1.165, 1.54) is 0 Å². The minimum atomic E-state index is -0.748. The molecule has 0 aromatic rings. The van der Waals surface area contributed by atoms with E-state index >= 15 is 0 Å². The zero-order chi connectivity index (χ0) is 17.3. The summed E-state index contributed by atoms with van der Waals surface area (Å²) in [6.07, 6.45) is 2.33. The minimum Gasteiger partial charge on any atom is -0.444 e. The third-order valence-electron chi connectivity index (χ3n) is 4.80. The molecule has 2 aliphatic heterocycles. The van der Waals surface area contributed by atoms with Crippen molar-refractivity contribution in [1.29, 1.82) is 0 Å². The number of likely N-dealkylation sites (tertiary alicyclic amines) is 2. The number of ether oxygens (including phenoxy) is 1. The number of carbonyl (C=O) groups is 1. The maximum Gasteiger partial charge on any atom is 0.410 e. The third-order valence-corrected chi connectivity index (χ3v) is 4.80. The molecule has 0 aliphatic carbocycles. The Morgan fingerprint density at radius 3 is 2.04 bits per heavy atom. The summed E-state index contributed by atoms with van der Waals surface area (Å²) in [5, 5.41) is 20.8. The van der Waals surface area contributed by atoms with Gasteiger partial charge in [-0.2, -0.15) is 0 Å². The summed E-state index contributed by atoms with van der Waals surface area (Å²) in [6, 6.07) is 0. The van der Waals surface area contributed by atoms with Crippen LogP contribution in [0.3, 0.4) is 0 Å². The summed E-state index contributed by atoms with van der Waals surface area (Å²) in [5.41, 5.74) is -1.81. The summed E-state index contributed by atoms with van der Waals surface area (Å²) >= 11 is 0. The number of rotatable bonds is 2. The van der Waals surface area contributed by atoms with Crippen molar-refractivity contribution < 1.29 is 19.7 Å². The predicted molar refractivity (Wildman–Crippen MR) is 88.3 cm³/mol. The lowest BCUT2D eigenvalue weighted by atomic mass is 9.88. The molecule has 134 valence electrons. The van der Waals surface area contributed by atoms with Crippen LogP contribution in [0.25, 0.3) is 0 Å². The average molecular weight is 328 g/mol. The van der Waals surface area contributed by atoms with E-state index in [0.717, 1.165) is 25.9 Å². The molecule has 0 spiro atoms. The van der Waals surface area contributed by atoms with Gasteiger partial charge in [0.25, 0.3) is 0 Å². The van der Waals surface area contributed by atoms with Crippen LogP contribution in [0.5, 0.6) is 0 Å². The molecule has 6 heteroatoms. The maximum absolute atomic E-state index is 12.1. The molecule has 1 amide bonds. The first-order valence-electron chi connectivity index (χ1n) is 8.63. The highest BCUT2D eigenvalue weighted by molar-refractivity contribution is 5.68. The number of nitrogens with zero attached hydrogens (tertiary/aromatic N) is 2. The van der Waals surface area contributed by atoms with Gasteiger partial charge in [0, 0.05) is 32.7 Å². The molecular formula is C17H32N2O4. The van der Waals surface area contributed by atoms with Crippen molar-refractivity contribution in [2.24, 2.45) is 0 Å². The number of piperidine rings is 2. The van der Waals surface area contributed by atoms with E-state index in [2.05, 4.69) is 4.90 Å². The number of β-amino-alcohol motifs (C(OH)–C–C–N with tert-alkyl or cyclic N) is 1. The number of amides is 1. The van der Waals surface area contributed by atoms with E-state index in [1.54, 1.807) is 4.90 Å². The fraction of sp³-hybridized carbons (Fsp3) is 0.941. The number of hydrogen-bond donors (Lipinski definition) is 2. The topological polar surface area (TPSA) is 73.2 Å². The van der Waals surface area contributed by atoms with Crippen LogP contribution in [0.2, 0.25) is 0 Å². The summed E-state index contributed by atoms with van der Waals surface area (Å²) in [4.78, 5) is 16.0. The molecule has 23 heavy (non-hydrogen) atoms. The zero-order valence-corrected chi connectivity index (χ0v) is 15.0. The van der Waals surface area contributed by atoms with Crippen LogP contribution in [0.15, 0.2) is 0 Å². The molecule has 0 unspecified atom stereocenters. The van der Waals surface area contributed by atoms with Gasteiger partial charge in [0.2, 0.25) is 0 Å². The fourth-order valence-electron chi connectivity index (χ4n) is 3.20. The highest BCUT2D eigenvalue weighted by atomic mass is 16.6. The van der Waals surface area contributed by atoms with E-state index in [1.807, 2.05) is 27.7 Å². The van der Waals surface area contributed by atoms with E-state index in [0.29, 0.717) is 32.5 Å². The fourth-order valence-corrected chi connectivity index (χ4v) is 3.20. The lowest BCUT2D eigenvalue weighted by Gasteiger charge is -2.43. The lowest BCUT2D eigenvalue weighted by Crippen LogP contribution is -2.54. The SMILES string of the molecule is CC1(O)CCN(CC2(O)CCN(C(=O)OC(C)(C)C)CC2)CC1. The number of carbonyl (C=O) groups excluding carboxylic acids is 1. The summed E-state index contributed by atoms with van der Waals surface area (Å²) in [7, 11) is 0. The smallest absolute Gasteiger partial charge is 0.410 e. The van der Waals surface area contributed by atoms with Crippen LogP contribution >= 0.6 is 0 Å². The molecule has 2 fully saturated rings. The van der Waals surface area contributed by atoms with Gasteiger partial charge in [0.05, 0.1) is 11.2 Å². The van der Waals surface area contributed by atoms with Gasteiger partial charge < -0.3 is 24.7 Å². The van der Waals surface area contributed by atoms with Gasteiger partial charge in [-0.1, -0.05) is 0 Å². The Balaban J connectivity index is 1.80. The lowest BCUT2D eigenvalue weighted by molar-refractivity contribution is -0.0691. The van der Waals surface area contributed by atoms with Crippen molar-refractivity contribution in [2.75, 3.05) is 32.7 Å². The molecular weight excluding hydrogens is 296 g/mol. The maximum atomic E-state index is 12.1. The average Bonchev–Trinajstić information content (AvgIpc) is 2.40. The molecule has 2 aliphatic rings. The molecule has 6 nitrogen and oxygen atoms in total. The molecule has 0 radical (unpaired) electrons. The van der Waals surface area contributed by atoms with E-state index < -0.39 is 16.8 Å². The van der Waals surface area contributed by atoms with Gasteiger partial charge in [-0.05, 0) is 53.4 Å². The number of aliphatic hydroxyl groups is 2. The molecule has 0 aromatic heterocycles. The van der Waals surface area contributed by atoms with Crippen molar-refractivity contribution in [1.82, 2.24) is 9.80 Å². The van der Waals surface area contributed by atoms with Crippen LogP contribution in [-0.2, 0) is 4.74 Å². The second-order valence-corrected chi connectivity index (χ2v) is 8.46. The molecule has 2 rings (SSSR count). The van der Waals surface area contributed by atoms with Crippen LogP contribution in [-0.4, -0.2) is 75.6 Å². The van der Waals surface area contributed by atoms with Crippen molar-refractivity contribution in [3.05, 3.63) is 0 Å². The first kappa shape index (κ1) is 18.5. The quantitative estimate of drug-likeness (QED) is 0.805. The summed E-state index contributed by atoms with van der Waals surface area (Å²) in [5.74, 6) is 0. The second kappa shape index (κ2) is 6.57. The molecule has 0 saturated carbocycles. The van der Waals surface area contributed by atoms with Crippen LogP contribution < -0.4 is 0 Å². The van der Waals surface area contributed by atoms with Gasteiger partial charge in [-0.3, -0.25) is 0 Å². The van der Waals surface area contributed by atoms with Gasteiger partial charge in [-0.25, -0.2) is 4.79 Å². The van der Waals surface area contributed by atoms with Crippen molar-refractivity contribution in [3.8, 4) is 0 Å². The Labute approximate surface area is 139 Å². The van der Waals surface area contributed by atoms with E-state index in [9.17, 15) is 15.0 Å². The minimum absolute atomic E-state index is 0.298. The summed E-state index contributed by atoms with van der Waals surface area (Å²) < 4.78 is 5.39. The Morgan fingerprint density at radius 2 is 1.57 bits per heavy atom. The van der Waals surface area contributed by atoms with Gasteiger partial charge in [0.1, 0.15) is 5.60 Å². The van der Waals surface area contributed by atoms with Crippen molar-refractivity contribution in [2.45, 2.75) is 70.2 Å². The normalized spacial score (nSPS) is 25.2. The van der Waals surface area contributed by atoms with Crippen molar-refractivity contribution >= 4 is 6.09 Å². The van der Waals surface area contributed by atoms with Gasteiger partial charge in [0.15, 0.2) is 0 Å². The molecule has 2 saturated heterocycles. The first-order valence-corrected chi connectivity index (χ1v) is 8.63. The number of hydrogen-bond acceptors (Lipinski definition) is 5. The Kier molecular flexibility index (Phi) is 5.28. The first-order chi connectivity index (χ1) is 10.5.